The highest BCUT2D eigenvalue weighted by molar-refractivity contribution is 9.10. The van der Waals surface area contributed by atoms with Crippen LogP contribution in [0, 0.1) is 11.3 Å². The Labute approximate surface area is 236 Å². The summed E-state index contributed by atoms with van der Waals surface area (Å²) in [5.74, 6) is 0.213. The molecule has 2 N–H and O–H groups in total. The van der Waals surface area contributed by atoms with E-state index in [-0.39, 0.29) is 25.4 Å². The molecule has 39 heavy (non-hydrogen) atoms. The Morgan fingerprint density at radius 3 is 2.62 bits per heavy atom. The van der Waals surface area contributed by atoms with Gasteiger partial charge in [0.2, 0.25) is 5.91 Å². The molecule has 0 fully saturated rings. The highest BCUT2D eigenvalue weighted by Crippen LogP contribution is 2.48. The molecule has 10 nitrogen and oxygen atoms in total. The number of carbonyl (C=O) groups excluding carboxylic acids is 1. The van der Waals surface area contributed by atoms with Crippen LogP contribution in [0.1, 0.15) is 19.4 Å². The highest BCUT2D eigenvalue weighted by Gasteiger charge is 2.27. The summed E-state index contributed by atoms with van der Waals surface area (Å²) in [5.41, 5.74) is 3.12. The van der Waals surface area contributed by atoms with E-state index < -0.39 is 7.60 Å². The van der Waals surface area contributed by atoms with Crippen LogP contribution >= 0.6 is 23.5 Å². The lowest BCUT2D eigenvalue weighted by Crippen LogP contribution is -2.27. The molecule has 0 unspecified atom stereocenters. The van der Waals surface area contributed by atoms with Crippen LogP contribution in [0.25, 0.3) is 10.9 Å². The number of nitriles is 1. The van der Waals surface area contributed by atoms with Crippen molar-refractivity contribution >= 4 is 57.4 Å². The van der Waals surface area contributed by atoms with Gasteiger partial charge >= 0.3 is 7.60 Å². The van der Waals surface area contributed by atoms with Crippen LogP contribution in [0.2, 0.25) is 0 Å². The average molecular weight is 616 g/mol. The van der Waals surface area contributed by atoms with Gasteiger partial charge in [-0.1, -0.05) is 28.1 Å². The van der Waals surface area contributed by atoms with E-state index in [0.29, 0.717) is 34.7 Å². The fourth-order valence-electron chi connectivity index (χ4n) is 3.75. The molecule has 0 aliphatic carbocycles. The predicted molar refractivity (Wildman–Crippen MR) is 157 cm³/mol. The van der Waals surface area contributed by atoms with Crippen molar-refractivity contribution in [3.05, 3.63) is 64.8 Å². The number of amides is 1. The molecular weight excluding hydrogens is 585 g/mol. The Morgan fingerprint density at radius 2 is 1.97 bits per heavy atom. The van der Waals surface area contributed by atoms with Crippen molar-refractivity contribution in [2.24, 2.45) is 0 Å². The number of likely N-dealkylation sites (N-methyl/N-ethyl adjacent to an activating group) is 1. The number of hydrogen-bond acceptors (Lipinski definition) is 9. The van der Waals surface area contributed by atoms with E-state index in [1.807, 2.05) is 30.3 Å². The second kappa shape index (κ2) is 14.1. The maximum atomic E-state index is 12.7. The largest absolute Gasteiger partial charge is 0.495 e. The van der Waals surface area contributed by atoms with Crippen molar-refractivity contribution < 1.29 is 23.1 Å². The Hall–Kier alpha value is -3.42. The third kappa shape index (κ3) is 8.04. The topological polar surface area (TPSA) is 126 Å². The molecule has 0 saturated carbocycles. The Kier molecular flexibility index (Phi) is 10.9. The Bertz CT molecular complexity index is 1430. The standard InChI is InChI=1S/C27H31BrN5O5P/c1-5-37-39(35,38-6-2)18-33(3)26(34)11-8-12-30-24-14-22-23(15-25(24)36-4)31-17-19(16-29)27(22)32-21-10-7-9-20(28)13-21/h7-11,13-15,17,30H,5-6,12,18H2,1-4H3,(H,31,32). The molecule has 1 aromatic heterocycles. The number of carbonyl (C=O) groups is 1. The lowest BCUT2D eigenvalue weighted by Gasteiger charge is -2.22. The van der Waals surface area contributed by atoms with Gasteiger partial charge in [-0.2, -0.15) is 5.26 Å². The van der Waals surface area contributed by atoms with Crippen molar-refractivity contribution in [3.8, 4) is 11.8 Å². The molecule has 3 aromatic rings. The first-order chi connectivity index (χ1) is 18.7. The molecule has 0 saturated heterocycles. The highest BCUT2D eigenvalue weighted by atomic mass is 79.9. The SMILES string of the molecule is CCOP(=O)(CN(C)C(=O)C=CCNc1cc2c(Nc3cccc(Br)c3)c(C#N)cnc2cc1OC)OCC. The quantitative estimate of drug-likeness (QED) is 0.169. The number of aromatic nitrogens is 1. The van der Waals surface area contributed by atoms with E-state index in [9.17, 15) is 14.6 Å². The fraction of sp³-hybridized carbons (Fsp3) is 0.296. The summed E-state index contributed by atoms with van der Waals surface area (Å²) in [6.45, 7) is 4.18. The van der Waals surface area contributed by atoms with Gasteiger partial charge in [0.1, 0.15) is 18.1 Å². The number of nitrogens with one attached hydrogen (secondary N) is 2. The predicted octanol–water partition coefficient (Wildman–Crippen LogP) is 6.27. The zero-order chi connectivity index (χ0) is 28.4. The molecule has 12 heteroatoms. The van der Waals surface area contributed by atoms with E-state index in [0.717, 1.165) is 15.5 Å². The molecule has 0 aliphatic rings. The molecule has 0 atom stereocenters. The van der Waals surface area contributed by atoms with E-state index >= 15 is 0 Å². The monoisotopic (exact) mass is 615 g/mol. The van der Waals surface area contributed by atoms with Crippen LogP contribution in [0.5, 0.6) is 5.75 Å². The number of fused-ring (bicyclic) bond motifs is 1. The molecular formula is C27H31BrN5O5P. The third-order valence-corrected chi connectivity index (χ3v) is 8.05. The van der Waals surface area contributed by atoms with E-state index in [1.54, 1.807) is 33.1 Å². The minimum absolute atomic E-state index is 0.147. The second-order valence-corrected chi connectivity index (χ2v) is 11.2. The maximum Gasteiger partial charge on any atom is 0.349 e. The average Bonchev–Trinajstić information content (AvgIpc) is 2.91. The molecule has 1 heterocycles. The van der Waals surface area contributed by atoms with Crippen LogP contribution < -0.4 is 15.4 Å². The number of rotatable bonds is 13. The minimum Gasteiger partial charge on any atom is -0.495 e. The van der Waals surface area contributed by atoms with E-state index in [1.165, 1.54) is 24.2 Å². The first kappa shape index (κ1) is 30.1. The summed E-state index contributed by atoms with van der Waals surface area (Å²) >= 11 is 3.47. The van der Waals surface area contributed by atoms with Gasteiger partial charge in [0.05, 0.1) is 42.8 Å². The van der Waals surface area contributed by atoms with Gasteiger partial charge in [0.15, 0.2) is 0 Å². The summed E-state index contributed by atoms with van der Waals surface area (Å²) in [6.07, 6.45) is 4.42. The molecule has 0 aliphatic heterocycles. The summed E-state index contributed by atoms with van der Waals surface area (Å²) in [6, 6.07) is 13.5. The van der Waals surface area contributed by atoms with Gasteiger partial charge in [0, 0.05) is 47.5 Å². The second-order valence-electron chi connectivity index (χ2n) is 8.27. The van der Waals surface area contributed by atoms with Gasteiger partial charge < -0.3 is 29.3 Å². The molecule has 0 bridgehead atoms. The van der Waals surface area contributed by atoms with Gasteiger partial charge in [0.25, 0.3) is 0 Å². The molecule has 206 valence electrons. The molecule has 1 amide bonds. The van der Waals surface area contributed by atoms with E-state index in [4.69, 9.17) is 13.8 Å². The summed E-state index contributed by atoms with van der Waals surface area (Å²) in [4.78, 5) is 18.3. The van der Waals surface area contributed by atoms with Gasteiger partial charge in [-0.25, -0.2) is 0 Å². The fourth-order valence-corrected chi connectivity index (χ4v) is 5.84. The zero-order valence-electron chi connectivity index (χ0n) is 22.2. The normalized spacial score (nSPS) is 11.4. The number of benzene rings is 2. The van der Waals surface area contributed by atoms with Crippen molar-refractivity contribution in [3.63, 3.8) is 0 Å². The first-order valence-corrected chi connectivity index (χ1v) is 14.7. The zero-order valence-corrected chi connectivity index (χ0v) is 24.7. The van der Waals surface area contributed by atoms with Crippen molar-refractivity contribution in [2.75, 3.05) is 50.8 Å². The lowest BCUT2D eigenvalue weighted by atomic mass is 10.1. The number of methoxy groups -OCH3 is 1. The van der Waals surface area contributed by atoms with Crippen LogP contribution in [0.15, 0.2) is 59.2 Å². The van der Waals surface area contributed by atoms with E-state index in [2.05, 4.69) is 37.6 Å². The molecule has 2 aromatic carbocycles. The summed E-state index contributed by atoms with van der Waals surface area (Å²) in [7, 11) is -0.295. The van der Waals surface area contributed by atoms with Crippen LogP contribution in [-0.4, -0.2) is 56.0 Å². The number of ether oxygens (including phenoxy) is 1. The number of pyridine rings is 1. The number of halogens is 1. The Morgan fingerprint density at radius 1 is 1.23 bits per heavy atom. The minimum atomic E-state index is -3.39. The van der Waals surface area contributed by atoms with Gasteiger partial charge in [-0.3, -0.25) is 14.3 Å². The number of nitrogens with zero attached hydrogens (tertiary/aromatic N) is 3. The Balaban J connectivity index is 1.80. The van der Waals surface area contributed by atoms with Crippen LogP contribution in [0.3, 0.4) is 0 Å². The van der Waals surface area contributed by atoms with Crippen molar-refractivity contribution in [1.82, 2.24) is 9.88 Å². The van der Waals surface area contributed by atoms with Crippen molar-refractivity contribution in [2.45, 2.75) is 13.8 Å². The number of anilines is 3. The van der Waals surface area contributed by atoms with Gasteiger partial charge in [-0.05, 0) is 38.1 Å². The molecule has 0 spiro atoms. The van der Waals surface area contributed by atoms with Crippen molar-refractivity contribution in [1.29, 1.82) is 5.26 Å². The smallest absolute Gasteiger partial charge is 0.349 e. The third-order valence-electron chi connectivity index (χ3n) is 5.49. The maximum absolute atomic E-state index is 12.7. The van der Waals surface area contributed by atoms with Crippen LogP contribution in [-0.2, 0) is 18.4 Å². The summed E-state index contributed by atoms with van der Waals surface area (Å²) in [5, 5.41) is 17.0. The first-order valence-electron chi connectivity index (χ1n) is 12.2. The summed E-state index contributed by atoms with van der Waals surface area (Å²) < 4.78 is 29.7. The molecule has 0 radical (unpaired) electrons. The number of hydrogen-bond donors (Lipinski definition) is 2. The lowest BCUT2D eigenvalue weighted by molar-refractivity contribution is -0.124. The molecule has 3 rings (SSSR count). The van der Waals surface area contributed by atoms with Gasteiger partial charge in [-0.15, -0.1) is 0 Å². The van der Waals surface area contributed by atoms with Crippen LogP contribution in [0.4, 0.5) is 17.1 Å².